The van der Waals surface area contributed by atoms with Crippen LogP contribution >= 0.6 is 45.6 Å². The van der Waals surface area contributed by atoms with E-state index >= 15 is 0 Å². The molecular formula is C20H21N3OS4. The van der Waals surface area contributed by atoms with Gasteiger partial charge in [-0.15, -0.1) is 0 Å². The summed E-state index contributed by atoms with van der Waals surface area (Å²) in [4.78, 5) is 16.3. The van der Waals surface area contributed by atoms with Crippen molar-refractivity contribution in [1.82, 2.24) is 10.3 Å². The molecule has 8 heteroatoms. The Hall–Kier alpha value is -1.53. The summed E-state index contributed by atoms with van der Waals surface area (Å²) in [5.74, 6) is 0.742. The van der Waals surface area contributed by atoms with Gasteiger partial charge in [-0.1, -0.05) is 71.2 Å². The molecule has 2 aromatic rings. The van der Waals surface area contributed by atoms with E-state index in [-0.39, 0.29) is 5.91 Å². The number of carbonyl (C=O) groups excluding carboxylic acids is 1. The number of nitrogens with zero attached hydrogens (tertiary/aromatic N) is 2. The Labute approximate surface area is 183 Å². The van der Waals surface area contributed by atoms with Gasteiger partial charge < -0.3 is 5.32 Å². The smallest absolute Gasteiger partial charge is 0.220 e. The summed E-state index contributed by atoms with van der Waals surface area (Å²) >= 11 is 6.80. The van der Waals surface area contributed by atoms with Crippen molar-refractivity contribution in [3.8, 4) is 6.07 Å². The maximum atomic E-state index is 12.1. The fourth-order valence-corrected chi connectivity index (χ4v) is 5.52. The second kappa shape index (κ2) is 12.1. The number of benzene rings is 1. The molecule has 0 radical (unpaired) electrons. The van der Waals surface area contributed by atoms with Crippen molar-refractivity contribution in [2.24, 2.45) is 0 Å². The minimum atomic E-state index is -0.728. The largest absolute Gasteiger partial charge is 0.355 e. The molecule has 1 N–H and O–H groups in total. The van der Waals surface area contributed by atoms with E-state index in [2.05, 4.69) is 16.4 Å². The maximum absolute atomic E-state index is 12.1. The fourth-order valence-electron chi connectivity index (χ4n) is 2.14. The lowest BCUT2D eigenvalue weighted by atomic mass is 10.1. The molecule has 1 heterocycles. The fraction of sp³-hybridized carbons (Fsp3) is 0.300. The summed E-state index contributed by atoms with van der Waals surface area (Å²) in [6.07, 6.45) is 2.51. The normalized spacial score (nSPS) is 12.6. The van der Waals surface area contributed by atoms with Crippen molar-refractivity contribution in [2.75, 3.05) is 12.3 Å². The Morgan fingerprint density at radius 3 is 2.68 bits per heavy atom. The average molecular weight is 448 g/mol. The van der Waals surface area contributed by atoms with Gasteiger partial charge in [-0.3, -0.25) is 4.79 Å². The Bertz CT molecular complexity index is 811. The van der Waals surface area contributed by atoms with Gasteiger partial charge in [-0.2, -0.15) is 5.26 Å². The molecule has 1 unspecified atom stereocenters. The number of thiocarbonyl (C=S) groups is 1. The second-order valence-electron chi connectivity index (χ2n) is 6.02. The third-order valence-corrected chi connectivity index (χ3v) is 7.60. The van der Waals surface area contributed by atoms with Gasteiger partial charge in [0.15, 0.2) is 0 Å². The van der Waals surface area contributed by atoms with Crippen LogP contribution in [0.5, 0.6) is 0 Å². The molecule has 0 aliphatic carbocycles. The lowest BCUT2D eigenvalue weighted by molar-refractivity contribution is -0.121. The molecule has 1 amide bonds. The highest BCUT2D eigenvalue weighted by Crippen LogP contribution is 2.33. The first-order chi connectivity index (χ1) is 13.5. The molecule has 0 aliphatic heterocycles. The SMILES string of the molecule is CC(C#N)(CCC(=O)NCCSSc1ccccn1)SC(=S)c1ccccc1. The Kier molecular flexibility index (Phi) is 9.85. The molecule has 4 nitrogen and oxygen atoms in total. The van der Waals surface area contributed by atoms with Gasteiger partial charge in [0.1, 0.15) is 9.77 Å². The van der Waals surface area contributed by atoms with Crippen LogP contribution in [0, 0.1) is 11.3 Å². The van der Waals surface area contributed by atoms with E-state index in [1.807, 2.05) is 55.5 Å². The third-order valence-electron chi connectivity index (χ3n) is 3.68. The van der Waals surface area contributed by atoms with Crippen molar-refractivity contribution in [1.29, 1.82) is 5.26 Å². The second-order valence-corrected chi connectivity index (χ2v) is 10.6. The number of hydrogen-bond donors (Lipinski definition) is 1. The van der Waals surface area contributed by atoms with Crippen LogP contribution in [0.4, 0.5) is 0 Å². The lowest BCUT2D eigenvalue weighted by Gasteiger charge is -2.21. The van der Waals surface area contributed by atoms with E-state index < -0.39 is 4.75 Å². The van der Waals surface area contributed by atoms with Gasteiger partial charge in [0.05, 0.1) is 10.3 Å². The predicted molar refractivity (Wildman–Crippen MR) is 125 cm³/mol. The number of carbonyl (C=O) groups is 1. The molecule has 0 fully saturated rings. The summed E-state index contributed by atoms with van der Waals surface area (Å²) in [6.45, 7) is 2.42. The molecule has 0 aliphatic rings. The Balaban J connectivity index is 1.68. The predicted octanol–water partition coefficient (Wildman–Crippen LogP) is 5.11. The molecule has 0 saturated heterocycles. The van der Waals surface area contributed by atoms with Crippen molar-refractivity contribution >= 4 is 55.7 Å². The van der Waals surface area contributed by atoms with Crippen molar-refractivity contribution < 1.29 is 4.79 Å². The summed E-state index contributed by atoms with van der Waals surface area (Å²) in [6, 6.07) is 17.7. The summed E-state index contributed by atoms with van der Waals surface area (Å²) in [7, 11) is 3.24. The van der Waals surface area contributed by atoms with Crippen LogP contribution < -0.4 is 5.32 Å². The van der Waals surface area contributed by atoms with Crippen molar-refractivity contribution in [3.63, 3.8) is 0 Å². The van der Waals surface area contributed by atoms with E-state index in [1.165, 1.54) is 11.8 Å². The summed E-state index contributed by atoms with van der Waals surface area (Å²) < 4.78 is -0.0542. The monoisotopic (exact) mass is 447 g/mol. The van der Waals surface area contributed by atoms with Gasteiger partial charge in [0.2, 0.25) is 5.91 Å². The van der Waals surface area contributed by atoms with Crippen LogP contribution in [0.25, 0.3) is 0 Å². The first-order valence-electron chi connectivity index (χ1n) is 8.69. The highest BCUT2D eigenvalue weighted by Gasteiger charge is 2.28. The van der Waals surface area contributed by atoms with Crippen LogP contribution in [0.3, 0.4) is 0 Å². The number of thioether (sulfide) groups is 1. The van der Waals surface area contributed by atoms with Crippen molar-refractivity contribution in [3.05, 3.63) is 60.3 Å². The minimum absolute atomic E-state index is 0.0452. The number of aromatic nitrogens is 1. The van der Waals surface area contributed by atoms with Gasteiger partial charge in [-0.05, 0) is 41.8 Å². The highest BCUT2D eigenvalue weighted by atomic mass is 33.1. The molecule has 2 rings (SSSR count). The van der Waals surface area contributed by atoms with E-state index in [0.717, 1.165) is 16.3 Å². The number of pyridine rings is 1. The quantitative estimate of drug-likeness (QED) is 0.308. The minimum Gasteiger partial charge on any atom is -0.355 e. The van der Waals surface area contributed by atoms with Gasteiger partial charge >= 0.3 is 0 Å². The van der Waals surface area contributed by atoms with Crippen LogP contribution in [0.15, 0.2) is 59.8 Å². The van der Waals surface area contributed by atoms with Gasteiger partial charge in [0, 0.05) is 24.9 Å². The molecule has 0 bridgehead atoms. The zero-order chi connectivity index (χ0) is 20.2. The Morgan fingerprint density at radius 2 is 2.00 bits per heavy atom. The van der Waals surface area contributed by atoms with Crippen LogP contribution in [-0.2, 0) is 4.79 Å². The van der Waals surface area contributed by atoms with E-state index in [9.17, 15) is 10.1 Å². The van der Waals surface area contributed by atoms with Gasteiger partial charge in [-0.25, -0.2) is 4.98 Å². The van der Waals surface area contributed by atoms with E-state index in [4.69, 9.17) is 12.2 Å². The first kappa shape index (κ1) is 22.8. The van der Waals surface area contributed by atoms with Crippen molar-refractivity contribution in [2.45, 2.75) is 29.5 Å². The molecule has 1 aromatic carbocycles. The lowest BCUT2D eigenvalue weighted by Crippen LogP contribution is -2.28. The molecule has 1 aromatic heterocycles. The van der Waals surface area contributed by atoms with E-state index in [1.54, 1.807) is 27.8 Å². The average Bonchev–Trinajstić information content (AvgIpc) is 2.73. The number of nitriles is 1. The number of rotatable bonds is 10. The topological polar surface area (TPSA) is 65.8 Å². The van der Waals surface area contributed by atoms with Gasteiger partial charge in [0.25, 0.3) is 0 Å². The maximum Gasteiger partial charge on any atom is 0.220 e. The first-order valence-corrected chi connectivity index (χ1v) is 12.2. The summed E-state index contributed by atoms with van der Waals surface area (Å²) in [5.41, 5.74) is 0.927. The molecule has 146 valence electrons. The Morgan fingerprint density at radius 1 is 1.25 bits per heavy atom. The zero-order valence-electron chi connectivity index (χ0n) is 15.5. The molecule has 28 heavy (non-hydrogen) atoms. The standard InChI is InChI=1S/C20H21N3OS4/c1-20(15-21,27-19(25)16-7-3-2-4-8-16)11-10-17(24)22-13-14-26-28-18-9-5-6-12-23-18/h2-9,12H,10-11,13-14H2,1H3,(H,22,24). The van der Waals surface area contributed by atoms with Crippen LogP contribution in [0.1, 0.15) is 25.3 Å². The molecule has 1 atom stereocenters. The highest BCUT2D eigenvalue weighted by molar-refractivity contribution is 8.76. The summed E-state index contributed by atoms with van der Waals surface area (Å²) in [5, 5.41) is 13.4. The molecular weight excluding hydrogens is 427 g/mol. The molecule has 0 spiro atoms. The van der Waals surface area contributed by atoms with E-state index in [0.29, 0.717) is 23.6 Å². The third kappa shape index (κ3) is 8.23. The number of nitrogens with one attached hydrogen (secondary N) is 1. The number of amides is 1. The van der Waals surface area contributed by atoms with Crippen LogP contribution in [0.2, 0.25) is 0 Å². The number of hydrogen-bond acceptors (Lipinski definition) is 7. The van der Waals surface area contributed by atoms with Crippen LogP contribution in [-0.4, -0.2) is 32.1 Å². The molecule has 0 saturated carbocycles. The zero-order valence-corrected chi connectivity index (χ0v) is 18.7.